The molecule has 6 nitrogen and oxygen atoms in total. The minimum atomic E-state index is -0.558. The van der Waals surface area contributed by atoms with Crippen molar-refractivity contribution < 1.29 is 9.18 Å². The fraction of sp³-hybridized carbons (Fsp3) is 0.304. The Labute approximate surface area is 192 Å². The number of nitrogens with zero attached hydrogens (tertiary/aromatic N) is 3. The molecule has 0 fully saturated rings. The number of benzene rings is 1. The summed E-state index contributed by atoms with van der Waals surface area (Å²) in [6, 6.07) is 7.81. The number of hydrogen-bond acceptors (Lipinski definition) is 7. The van der Waals surface area contributed by atoms with E-state index >= 15 is 0 Å². The van der Waals surface area contributed by atoms with E-state index in [1.807, 2.05) is 6.07 Å². The zero-order valence-electron chi connectivity index (χ0n) is 17.6. The van der Waals surface area contributed by atoms with Crippen LogP contribution < -0.4 is 11.3 Å². The first-order valence-electron chi connectivity index (χ1n) is 10.2. The molecule has 4 rings (SSSR count). The van der Waals surface area contributed by atoms with Crippen LogP contribution in [-0.2, 0) is 17.6 Å². The Morgan fingerprint density at radius 3 is 2.88 bits per heavy atom. The number of Topliss-reactive ketones (excluding diaryl/α,β-unsaturated/α-hetero) is 1. The van der Waals surface area contributed by atoms with E-state index in [0.717, 1.165) is 41.5 Å². The van der Waals surface area contributed by atoms with Gasteiger partial charge < -0.3 is 5.73 Å². The number of aromatic nitrogens is 2. The number of fused-ring (bicyclic) bond motifs is 3. The van der Waals surface area contributed by atoms with Crippen molar-refractivity contribution >= 4 is 39.1 Å². The molecule has 0 spiro atoms. The summed E-state index contributed by atoms with van der Waals surface area (Å²) in [5, 5.41) is 9.94. The van der Waals surface area contributed by atoms with Crippen molar-refractivity contribution in [2.75, 3.05) is 5.75 Å². The largest absolute Gasteiger partial charge is 0.401 e. The number of allylic oxidation sites excluding steroid dienone is 2. The van der Waals surface area contributed by atoms with Gasteiger partial charge in [0.25, 0.3) is 5.56 Å². The number of hydrogen-bond donors (Lipinski definition) is 1. The summed E-state index contributed by atoms with van der Waals surface area (Å²) in [6.07, 6.45) is 2.68. The molecule has 0 saturated heterocycles. The predicted octanol–water partition coefficient (Wildman–Crippen LogP) is 4.13. The van der Waals surface area contributed by atoms with Crippen molar-refractivity contribution in [3.05, 3.63) is 62.1 Å². The molecule has 0 radical (unpaired) electrons. The highest BCUT2D eigenvalue weighted by molar-refractivity contribution is 7.99. The van der Waals surface area contributed by atoms with Gasteiger partial charge in [-0.25, -0.2) is 9.37 Å². The third kappa shape index (κ3) is 3.96. The Bertz CT molecular complexity index is 1360. The molecule has 2 heterocycles. The summed E-state index contributed by atoms with van der Waals surface area (Å²) in [5.74, 6) is -0.638. The lowest BCUT2D eigenvalue weighted by molar-refractivity contribution is -0.112. The van der Waals surface area contributed by atoms with Gasteiger partial charge in [-0.3, -0.25) is 14.2 Å². The summed E-state index contributed by atoms with van der Waals surface area (Å²) in [7, 11) is 0. The molecular formula is C23H21FN4O2S2. The van der Waals surface area contributed by atoms with Crippen molar-refractivity contribution in [3.63, 3.8) is 0 Å². The van der Waals surface area contributed by atoms with E-state index < -0.39 is 11.6 Å². The third-order valence-corrected chi connectivity index (χ3v) is 7.60. The normalized spacial score (nSPS) is 16.4. The second-order valence-corrected chi connectivity index (χ2v) is 9.93. The molecule has 32 heavy (non-hydrogen) atoms. The van der Waals surface area contributed by atoms with Crippen LogP contribution in [0.2, 0.25) is 0 Å². The molecule has 9 heteroatoms. The second-order valence-electron chi connectivity index (χ2n) is 7.90. The maximum atomic E-state index is 14.7. The fourth-order valence-electron chi connectivity index (χ4n) is 3.89. The zero-order chi connectivity index (χ0) is 23.0. The van der Waals surface area contributed by atoms with Crippen molar-refractivity contribution in [3.8, 4) is 11.8 Å². The van der Waals surface area contributed by atoms with Crippen LogP contribution in [0.15, 0.2) is 45.5 Å². The number of rotatable bonds is 5. The van der Waals surface area contributed by atoms with Gasteiger partial charge in [-0.2, -0.15) is 5.26 Å². The summed E-state index contributed by atoms with van der Waals surface area (Å²) < 4.78 is 16.0. The Hall–Kier alpha value is -2.96. The van der Waals surface area contributed by atoms with Crippen LogP contribution in [0.4, 0.5) is 4.39 Å². The number of thiophene rings is 1. The molecule has 0 aliphatic heterocycles. The second kappa shape index (κ2) is 8.88. The van der Waals surface area contributed by atoms with E-state index in [1.54, 1.807) is 12.1 Å². The Balaban J connectivity index is 1.88. The summed E-state index contributed by atoms with van der Waals surface area (Å²) in [6.45, 7) is 3.67. The van der Waals surface area contributed by atoms with E-state index in [9.17, 15) is 19.2 Å². The SMILES string of the molecule is C/C(N)=C(/C#N)C(=O)CSc1nc2sc3c(c2c(=O)n1-c1ccccc1F)CCC(C)C3. The summed E-state index contributed by atoms with van der Waals surface area (Å²) in [5.41, 5.74) is 6.39. The molecule has 0 amide bonds. The highest BCUT2D eigenvalue weighted by Gasteiger charge is 2.26. The minimum absolute atomic E-state index is 0.0806. The Kier molecular flexibility index (Phi) is 6.17. The summed E-state index contributed by atoms with van der Waals surface area (Å²) in [4.78, 5) is 32.6. The van der Waals surface area contributed by atoms with Crippen molar-refractivity contribution in [1.29, 1.82) is 5.26 Å². The Morgan fingerprint density at radius 1 is 1.44 bits per heavy atom. The molecule has 1 aliphatic carbocycles. The van der Waals surface area contributed by atoms with Gasteiger partial charge in [0.1, 0.15) is 22.3 Å². The number of carbonyl (C=O) groups is 1. The average molecular weight is 469 g/mol. The van der Waals surface area contributed by atoms with E-state index in [2.05, 4.69) is 11.9 Å². The van der Waals surface area contributed by atoms with Crippen LogP contribution >= 0.6 is 23.1 Å². The van der Waals surface area contributed by atoms with E-state index in [1.165, 1.54) is 35.0 Å². The molecule has 1 aliphatic rings. The lowest BCUT2D eigenvalue weighted by Gasteiger charge is -2.18. The highest BCUT2D eigenvalue weighted by Crippen LogP contribution is 2.37. The first-order valence-corrected chi connectivity index (χ1v) is 12.0. The molecule has 1 aromatic carbocycles. The van der Waals surface area contributed by atoms with Gasteiger partial charge in [0, 0.05) is 10.6 Å². The van der Waals surface area contributed by atoms with Gasteiger partial charge in [0.05, 0.1) is 16.8 Å². The number of nitrogens with two attached hydrogens (primary N) is 1. The minimum Gasteiger partial charge on any atom is -0.401 e. The lowest BCUT2D eigenvalue weighted by Crippen LogP contribution is -2.24. The maximum Gasteiger partial charge on any atom is 0.267 e. The number of aryl methyl sites for hydroxylation is 1. The van der Waals surface area contributed by atoms with Crippen LogP contribution in [0.25, 0.3) is 15.9 Å². The molecule has 0 bridgehead atoms. The highest BCUT2D eigenvalue weighted by atomic mass is 32.2. The first-order chi connectivity index (χ1) is 15.3. The van der Waals surface area contributed by atoms with Crippen LogP contribution in [0.3, 0.4) is 0 Å². The standard InChI is InChI=1S/C23H21FN4O2S2/c1-12-7-8-14-19(9-12)32-21-20(14)22(30)28(17-6-4-3-5-16(17)24)23(27-21)31-11-18(29)15(10-25)13(2)26/h3-6,12H,7-9,11,26H2,1-2H3/b15-13+. The zero-order valence-corrected chi connectivity index (χ0v) is 19.3. The smallest absolute Gasteiger partial charge is 0.267 e. The molecule has 1 atom stereocenters. The molecule has 0 saturated carbocycles. The fourth-order valence-corrected chi connectivity index (χ4v) is 6.19. The van der Waals surface area contributed by atoms with Gasteiger partial charge in [0.2, 0.25) is 0 Å². The number of ketones is 1. The number of carbonyl (C=O) groups excluding carboxylic acids is 1. The van der Waals surface area contributed by atoms with Crippen molar-refractivity contribution in [1.82, 2.24) is 9.55 Å². The predicted molar refractivity (Wildman–Crippen MR) is 125 cm³/mol. The van der Waals surface area contributed by atoms with Gasteiger partial charge in [0.15, 0.2) is 10.9 Å². The summed E-state index contributed by atoms with van der Waals surface area (Å²) >= 11 is 2.49. The van der Waals surface area contributed by atoms with Gasteiger partial charge in [-0.05, 0) is 49.8 Å². The number of para-hydroxylation sites is 1. The maximum absolute atomic E-state index is 14.7. The van der Waals surface area contributed by atoms with E-state index in [4.69, 9.17) is 5.73 Å². The van der Waals surface area contributed by atoms with Crippen molar-refractivity contribution in [2.45, 2.75) is 38.3 Å². The number of thioether (sulfide) groups is 1. The molecule has 164 valence electrons. The monoisotopic (exact) mass is 468 g/mol. The molecule has 2 aromatic heterocycles. The van der Waals surface area contributed by atoms with Gasteiger partial charge in [-0.1, -0.05) is 30.8 Å². The number of nitriles is 1. The molecular weight excluding hydrogens is 447 g/mol. The van der Waals surface area contributed by atoms with Crippen LogP contribution in [0, 0.1) is 23.1 Å². The number of halogens is 1. The van der Waals surface area contributed by atoms with Gasteiger partial charge in [-0.15, -0.1) is 11.3 Å². The lowest BCUT2D eigenvalue weighted by atomic mass is 9.89. The van der Waals surface area contributed by atoms with E-state index in [-0.39, 0.29) is 33.4 Å². The molecule has 3 aromatic rings. The van der Waals surface area contributed by atoms with Crippen LogP contribution in [0.5, 0.6) is 0 Å². The van der Waals surface area contributed by atoms with Crippen LogP contribution in [0.1, 0.15) is 30.7 Å². The average Bonchev–Trinajstić information content (AvgIpc) is 3.11. The van der Waals surface area contributed by atoms with Crippen LogP contribution in [-0.4, -0.2) is 21.1 Å². The topological polar surface area (TPSA) is 102 Å². The quantitative estimate of drug-likeness (QED) is 0.261. The molecule has 1 unspecified atom stereocenters. The third-order valence-electron chi connectivity index (χ3n) is 5.51. The first kappa shape index (κ1) is 22.2. The molecule has 2 N–H and O–H groups in total. The van der Waals surface area contributed by atoms with Crippen molar-refractivity contribution in [2.24, 2.45) is 11.7 Å². The van der Waals surface area contributed by atoms with Gasteiger partial charge >= 0.3 is 0 Å². The van der Waals surface area contributed by atoms with E-state index in [0.29, 0.717) is 16.1 Å². The Morgan fingerprint density at radius 2 is 2.19 bits per heavy atom.